The number of rotatable bonds is 10. The summed E-state index contributed by atoms with van der Waals surface area (Å²) in [6, 6.07) is 12.3. The molecule has 1 aromatic carbocycles. The average molecular weight is 274 g/mol. The van der Waals surface area contributed by atoms with Crippen LogP contribution >= 0.6 is 0 Å². The molecule has 1 aromatic rings. The van der Waals surface area contributed by atoms with Crippen LogP contribution in [-0.2, 0) is 0 Å². The molecule has 0 saturated heterocycles. The van der Waals surface area contributed by atoms with Gasteiger partial charge in [-0.15, -0.1) is 0 Å². The first-order chi connectivity index (χ1) is 9.81. The van der Waals surface area contributed by atoms with Crippen molar-refractivity contribution in [2.75, 3.05) is 20.1 Å². The summed E-state index contributed by atoms with van der Waals surface area (Å²) in [6.45, 7) is 4.54. The van der Waals surface area contributed by atoms with Crippen molar-refractivity contribution in [1.82, 2.24) is 10.2 Å². The monoisotopic (exact) mass is 274 g/mol. The van der Waals surface area contributed by atoms with E-state index in [0.717, 1.165) is 12.6 Å². The molecule has 0 aliphatic heterocycles. The third-order valence-electron chi connectivity index (χ3n) is 4.32. The maximum absolute atomic E-state index is 3.77. The Labute approximate surface area is 124 Å². The molecule has 0 spiro atoms. The fourth-order valence-corrected chi connectivity index (χ4v) is 2.78. The second-order valence-electron chi connectivity index (χ2n) is 6.12. The van der Waals surface area contributed by atoms with E-state index in [1.807, 2.05) is 0 Å². The van der Waals surface area contributed by atoms with Crippen molar-refractivity contribution in [3.05, 3.63) is 35.9 Å². The van der Waals surface area contributed by atoms with Gasteiger partial charge in [0.05, 0.1) is 0 Å². The lowest BCUT2D eigenvalue weighted by molar-refractivity contribution is 0.311. The van der Waals surface area contributed by atoms with E-state index in [-0.39, 0.29) is 0 Å². The van der Waals surface area contributed by atoms with E-state index in [1.165, 1.54) is 50.6 Å². The van der Waals surface area contributed by atoms with Gasteiger partial charge >= 0.3 is 0 Å². The topological polar surface area (TPSA) is 15.3 Å². The molecule has 0 amide bonds. The van der Waals surface area contributed by atoms with Gasteiger partial charge in [0.1, 0.15) is 0 Å². The van der Waals surface area contributed by atoms with Gasteiger partial charge in [0.25, 0.3) is 0 Å². The normalized spacial score (nSPS) is 16.6. The number of hydrogen-bond donors (Lipinski definition) is 1. The van der Waals surface area contributed by atoms with Gasteiger partial charge in [0, 0.05) is 25.2 Å². The van der Waals surface area contributed by atoms with E-state index in [0.29, 0.717) is 6.04 Å². The average Bonchev–Trinajstić information content (AvgIpc) is 3.31. The maximum atomic E-state index is 3.77. The lowest BCUT2D eigenvalue weighted by atomic mass is 10.0. The van der Waals surface area contributed by atoms with Gasteiger partial charge in [-0.25, -0.2) is 0 Å². The zero-order valence-electron chi connectivity index (χ0n) is 13.1. The van der Waals surface area contributed by atoms with Gasteiger partial charge in [0.2, 0.25) is 0 Å². The summed E-state index contributed by atoms with van der Waals surface area (Å²) in [4.78, 5) is 2.50. The molecule has 2 heteroatoms. The van der Waals surface area contributed by atoms with Crippen molar-refractivity contribution >= 4 is 0 Å². The first-order valence-corrected chi connectivity index (χ1v) is 8.30. The molecule has 1 N–H and O–H groups in total. The highest BCUT2D eigenvalue weighted by molar-refractivity contribution is 5.18. The molecule has 0 heterocycles. The van der Waals surface area contributed by atoms with Crippen molar-refractivity contribution in [2.45, 2.75) is 57.5 Å². The van der Waals surface area contributed by atoms with E-state index in [1.54, 1.807) is 0 Å². The van der Waals surface area contributed by atoms with Crippen molar-refractivity contribution in [2.24, 2.45) is 0 Å². The van der Waals surface area contributed by atoms with E-state index in [4.69, 9.17) is 0 Å². The first kappa shape index (κ1) is 15.5. The summed E-state index contributed by atoms with van der Waals surface area (Å²) in [5, 5.41) is 3.77. The minimum atomic E-state index is 0.523. The number of likely N-dealkylation sites (N-methyl/N-ethyl adjacent to an activating group) is 1. The zero-order valence-corrected chi connectivity index (χ0v) is 13.1. The molecule has 112 valence electrons. The van der Waals surface area contributed by atoms with Gasteiger partial charge in [0.15, 0.2) is 0 Å². The van der Waals surface area contributed by atoms with Crippen LogP contribution in [0.1, 0.15) is 57.1 Å². The van der Waals surface area contributed by atoms with Gasteiger partial charge in [-0.05, 0) is 31.9 Å². The minimum absolute atomic E-state index is 0.523. The molecule has 1 fully saturated rings. The van der Waals surface area contributed by atoms with Crippen LogP contribution < -0.4 is 5.32 Å². The largest absolute Gasteiger partial charge is 0.309 e. The highest BCUT2D eigenvalue weighted by Crippen LogP contribution is 2.25. The Kier molecular flexibility index (Phi) is 6.55. The first-order valence-electron chi connectivity index (χ1n) is 8.30. The molecule has 1 aliphatic carbocycles. The van der Waals surface area contributed by atoms with Crippen LogP contribution in [0.2, 0.25) is 0 Å². The van der Waals surface area contributed by atoms with E-state index in [9.17, 15) is 0 Å². The third-order valence-corrected chi connectivity index (χ3v) is 4.32. The predicted molar refractivity (Wildman–Crippen MR) is 87.0 cm³/mol. The molecular formula is C18H30N2. The Morgan fingerprint density at radius 1 is 1.20 bits per heavy atom. The Hall–Kier alpha value is -0.860. The number of nitrogens with one attached hydrogen (secondary N) is 1. The molecule has 20 heavy (non-hydrogen) atoms. The zero-order chi connectivity index (χ0) is 14.2. The molecule has 0 bridgehead atoms. The van der Waals surface area contributed by atoms with Crippen LogP contribution in [0.25, 0.3) is 0 Å². The summed E-state index contributed by atoms with van der Waals surface area (Å²) < 4.78 is 0. The fourth-order valence-electron chi connectivity index (χ4n) is 2.78. The highest BCUT2D eigenvalue weighted by Gasteiger charge is 2.25. The quantitative estimate of drug-likeness (QED) is 0.649. The standard InChI is InChI=1S/C18H30N2/c1-3-4-6-11-18(16-9-7-5-8-10-16)19-14-15-20(2)17-12-13-17/h5,7-10,17-19H,3-4,6,11-15H2,1-2H3. The second kappa shape index (κ2) is 8.43. The van der Waals surface area contributed by atoms with E-state index in [2.05, 4.69) is 54.5 Å². The van der Waals surface area contributed by atoms with Gasteiger partial charge < -0.3 is 10.2 Å². The molecule has 2 rings (SSSR count). The second-order valence-corrected chi connectivity index (χ2v) is 6.12. The summed E-state index contributed by atoms with van der Waals surface area (Å²) in [6.07, 6.45) is 8.01. The van der Waals surface area contributed by atoms with Crippen LogP contribution in [0.3, 0.4) is 0 Å². The summed E-state index contributed by atoms with van der Waals surface area (Å²) >= 11 is 0. The van der Waals surface area contributed by atoms with Crippen molar-refractivity contribution in [3.63, 3.8) is 0 Å². The smallest absolute Gasteiger partial charge is 0.0320 e. The van der Waals surface area contributed by atoms with Crippen LogP contribution in [0, 0.1) is 0 Å². The van der Waals surface area contributed by atoms with E-state index < -0.39 is 0 Å². The number of benzene rings is 1. The molecule has 1 atom stereocenters. The van der Waals surface area contributed by atoms with Crippen molar-refractivity contribution in [3.8, 4) is 0 Å². The fraction of sp³-hybridized carbons (Fsp3) is 0.667. The van der Waals surface area contributed by atoms with Crippen molar-refractivity contribution < 1.29 is 0 Å². The Morgan fingerprint density at radius 3 is 2.60 bits per heavy atom. The number of unbranched alkanes of at least 4 members (excludes halogenated alkanes) is 2. The molecular weight excluding hydrogens is 244 g/mol. The number of hydrogen-bond acceptors (Lipinski definition) is 2. The molecule has 2 nitrogen and oxygen atoms in total. The van der Waals surface area contributed by atoms with E-state index >= 15 is 0 Å². The van der Waals surface area contributed by atoms with Gasteiger partial charge in [-0.1, -0.05) is 56.5 Å². The third kappa shape index (κ3) is 5.26. The summed E-state index contributed by atoms with van der Waals surface area (Å²) in [7, 11) is 2.26. The van der Waals surface area contributed by atoms with Crippen LogP contribution in [0.15, 0.2) is 30.3 Å². The summed E-state index contributed by atoms with van der Waals surface area (Å²) in [5.41, 5.74) is 1.44. The highest BCUT2D eigenvalue weighted by atomic mass is 15.2. The van der Waals surface area contributed by atoms with Gasteiger partial charge in [-0.3, -0.25) is 0 Å². The van der Waals surface area contributed by atoms with Crippen LogP contribution in [0.4, 0.5) is 0 Å². The van der Waals surface area contributed by atoms with Gasteiger partial charge in [-0.2, -0.15) is 0 Å². The Morgan fingerprint density at radius 2 is 1.95 bits per heavy atom. The van der Waals surface area contributed by atoms with Crippen molar-refractivity contribution in [1.29, 1.82) is 0 Å². The molecule has 1 saturated carbocycles. The number of nitrogens with zero attached hydrogens (tertiary/aromatic N) is 1. The predicted octanol–water partition coefficient (Wildman–Crippen LogP) is 3.99. The molecule has 1 aliphatic rings. The Bertz CT molecular complexity index is 359. The maximum Gasteiger partial charge on any atom is 0.0320 e. The lowest BCUT2D eigenvalue weighted by Gasteiger charge is -2.22. The lowest BCUT2D eigenvalue weighted by Crippen LogP contribution is -2.32. The Balaban J connectivity index is 1.78. The minimum Gasteiger partial charge on any atom is -0.309 e. The molecule has 1 unspecified atom stereocenters. The molecule has 0 radical (unpaired) electrons. The molecule has 0 aromatic heterocycles. The SMILES string of the molecule is CCCCCC(NCCN(C)C1CC1)c1ccccc1. The van der Waals surface area contributed by atoms with Crippen LogP contribution in [-0.4, -0.2) is 31.1 Å². The van der Waals surface area contributed by atoms with Crippen LogP contribution in [0.5, 0.6) is 0 Å². The summed E-state index contributed by atoms with van der Waals surface area (Å²) in [5.74, 6) is 0.